The second-order valence-corrected chi connectivity index (χ2v) is 8.11. The minimum absolute atomic E-state index is 0.00383. The monoisotopic (exact) mass is 314 g/mol. The van der Waals surface area contributed by atoms with Crippen LogP contribution < -0.4 is 10.6 Å². The van der Waals surface area contributed by atoms with E-state index in [0.29, 0.717) is 39.1 Å². The van der Waals surface area contributed by atoms with Crippen LogP contribution in [0.25, 0.3) is 0 Å². The molecule has 0 heterocycles. The molecule has 5 heteroatoms. The molecule has 22 heavy (non-hydrogen) atoms. The Hall–Kier alpha value is -1.10. The number of hydrogen-bond acceptors (Lipinski definition) is 3. The zero-order valence-electron chi connectivity index (χ0n) is 15.2. The van der Waals surface area contributed by atoms with Gasteiger partial charge in [-0.15, -0.1) is 0 Å². The molecule has 0 aliphatic rings. The van der Waals surface area contributed by atoms with Crippen molar-refractivity contribution in [2.24, 2.45) is 10.8 Å². The van der Waals surface area contributed by atoms with E-state index in [-0.39, 0.29) is 22.6 Å². The maximum absolute atomic E-state index is 11.6. The average Bonchev–Trinajstić information content (AvgIpc) is 2.36. The summed E-state index contributed by atoms with van der Waals surface area (Å²) in [4.78, 5) is 23.1. The summed E-state index contributed by atoms with van der Waals surface area (Å²) in [5.74, 6) is 0.0607. The number of hydrogen-bond donors (Lipinski definition) is 2. The van der Waals surface area contributed by atoms with Gasteiger partial charge in [-0.2, -0.15) is 0 Å². The molecule has 0 fully saturated rings. The van der Waals surface area contributed by atoms with Crippen LogP contribution in [0.5, 0.6) is 0 Å². The van der Waals surface area contributed by atoms with Gasteiger partial charge < -0.3 is 15.4 Å². The van der Waals surface area contributed by atoms with Gasteiger partial charge in [0.05, 0.1) is 13.2 Å². The van der Waals surface area contributed by atoms with Crippen molar-refractivity contribution in [3.8, 4) is 0 Å². The Balaban J connectivity index is 3.50. The minimum atomic E-state index is 0.00383. The lowest BCUT2D eigenvalue weighted by Crippen LogP contribution is -2.33. The van der Waals surface area contributed by atoms with E-state index in [1.54, 1.807) is 0 Å². The van der Waals surface area contributed by atoms with Crippen molar-refractivity contribution < 1.29 is 14.3 Å². The zero-order chi connectivity index (χ0) is 17.2. The molecule has 0 aliphatic heterocycles. The molecule has 5 nitrogen and oxygen atoms in total. The lowest BCUT2D eigenvalue weighted by atomic mass is 9.90. The topological polar surface area (TPSA) is 67.4 Å². The van der Waals surface area contributed by atoms with Gasteiger partial charge in [0.25, 0.3) is 0 Å². The van der Waals surface area contributed by atoms with Crippen molar-refractivity contribution in [3.05, 3.63) is 0 Å². The summed E-state index contributed by atoms with van der Waals surface area (Å²) in [6.07, 6.45) is 1.76. The summed E-state index contributed by atoms with van der Waals surface area (Å²) < 4.78 is 5.36. The number of ether oxygens (including phenoxy) is 1. The Kier molecular flexibility index (Phi) is 9.33. The van der Waals surface area contributed by atoms with E-state index in [1.165, 1.54) is 0 Å². The highest BCUT2D eigenvalue weighted by Crippen LogP contribution is 2.20. The summed E-state index contributed by atoms with van der Waals surface area (Å²) in [6.45, 7) is 14.6. The third-order valence-electron chi connectivity index (χ3n) is 2.96. The molecule has 0 unspecified atom stereocenters. The van der Waals surface area contributed by atoms with E-state index >= 15 is 0 Å². The van der Waals surface area contributed by atoms with Crippen LogP contribution in [0.3, 0.4) is 0 Å². The first kappa shape index (κ1) is 20.9. The first-order valence-corrected chi connectivity index (χ1v) is 8.11. The van der Waals surface area contributed by atoms with Crippen LogP contribution in [-0.4, -0.2) is 38.1 Å². The van der Waals surface area contributed by atoms with E-state index in [9.17, 15) is 9.59 Å². The van der Waals surface area contributed by atoms with Gasteiger partial charge >= 0.3 is 0 Å². The molecular weight excluding hydrogens is 280 g/mol. The molecule has 0 atom stereocenters. The van der Waals surface area contributed by atoms with Gasteiger partial charge in [0, 0.05) is 25.9 Å². The van der Waals surface area contributed by atoms with Crippen molar-refractivity contribution in [2.45, 2.75) is 60.8 Å². The third kappa shape index (κ3) is 15.3. The Morgan fingerprint density at radius 1 is 0.818 bits per heavy atom. The zero-order valence-corrected chi connectivity index (χ0v) is 15.2. The fourth-order valence-electron chi connectivity index (χ4n) is 1.56. The van der Waals surface area contributed by atoms with Crippen molar-refractivity contribution in [2.75, 3.05) is 26.3 Å². The highest BCUT2D eigenvalue weighted by atomic mass is 16.5. The second kappa shape index (κ2) is 9.82. The van der Waals surface area contributed by atoms with E-state index in [1.807, 2.05) is 0 Å². The summed E-state index contributed by atoms with van der Waals surface area (Å²) in [5, 5.41) is 5.70. The first-order chi connectivity index (χ1) is 9.99. The Labute approximate surface area is 135 Å². The number of amides is 2. The van der Waals surface area contributed by atoms with Crippen LogP contribution in [0.1, 0.15) is 60.8 Å². The van der Waals surface area contributed by atoms with Crippen molar-refractivity contribution in [1.29, 1.82) is 0 Å². The minimum Gasteiger partial charge on any atom is -0.379 e. The molecule has 0 aromatic rings. The molecule has 0 rings (SSSR count). The molecule has 0 saturated carbocycles. The molecule has 0 bridgehead atoms. The molecule has 0 aliphatic carbocycles. The third-order valence-corrected chi connectivity index (χ3v) is 2.96. The summed E-state index contributed by atoms with van der Waals surface area (Å²) >= 11 is 0. The quantitative estimate of drug-likeness (QED) is 0.643. The molecule has 0 aromatic carbocycles. The van der Waals surface area contributed by atoms with Gasteiger partial charge in [0.1, 0.15) is 0 Å². The highest BCUT2D eigenvalue weighted by molar-refractivity contribution is 5.76. The van der Waals surface area contributed by atoms with Gasteiger partial charge in [0.15, 0.2) is 0 Å². The van der Waals surface area contributed by atoms with E-state index < -0.39 is 0 Å². The summed E-state index contributed by atoms with van der Waals surface area (Å²) in [7, 11) is 0. The van der Waals surface area contributed by atoms with Crippen molar-refractivity contribution in [1.82, 2.24) is 10.6 Å². The van der Waals surface area contributed by atoms with Crippen LogP contribution in [0, 0.1) is 10.8 Å². The van der Waals surface area contributed by atoms with Crippen molar-refractivity contribution in [3.63, 3.8) is 0 Å². The number of carbonyl (C=O) groups excluding carboxylic acids is 2. The first-order valence-electron chi connectivity index (χ1n) is 8.11. The van der Waals surface area contributed by atoms with Gasteiger partial charge in [-0.25, -0.2) is 0 Å². The maximum atomic E-state index is 11.6. The molecule has 130 valence electrons. The Morgan fingerprint density at radius 3 is 1.95 bits per heavy atom. The number of nitrogens with one attached hydrogen (secondary N) is 2. The fraction of sp³-hybridized carbons (Fsp3) is 0.882. The van der Waals surface area contributed by atoms with Crippen molar-refractivity contribution >= 4 is 11.8 Å². The van der Waals surface area contributed by atoms with Gasteiger partial charge in [-0.05, 0) is 17.3 Å². The second-order valence-electron chi connectivity index (χ2n) is 8.11. The number of rotatable bonds is 9. The normalized spacial score (nSPS) is 12.1. The molecule has 2 N–H and O–H groups in total. The van der Waals surface area contributed by atoms with E-state index in [4.69, 9.17) is 4.74 Å². The van der Waals surface area contributed by atoms with Crippen LogP contribution in [-0.2, 0) is 14.3 Å². The summed E-state index contributed by atoms with van der Waals surface area (Å²) in [6, 6.07) is 0. The van der Waals surface area contributed by atoms with Gasteiger partial charge in [0.2, 0.25) is 11.8 Å². The smallest absolute Gasteiger partial charge is 0.222 e. The molecule has 0 spiro atoms. The largest absolute Gasteiger partial charge is 0.379 e. The maximum Gasteiger partial charge on any atom is 0.222 e. The molecule has 0 aromatic heterocycles. The van der Waals surface area contributed by atoms with E-state index in [0.717, 1.165) is 6.42 Å². The summed E-state index contributed by atoms with van der Waals surface area (Å²) in [5.41, 5.74) is 0.266. The molecular formula is C17H34N2O3. The predicted molar refractivity (Wildman–Crippen MR) is 89.6 cm³/mol. The van der Waals surface area contributed by atoms with Gasteiger partial charge in [-0.1, -0.05) is 41.5 Å². The van der Waals surface area contributed by atoms with Gasteiger partial charge in [-0.3, -0.25) is 9.59 Å². The Bertz CT molecular complexity index is 307. The predicted octanol–water partition coefficient (Wildman–Crippen LogP) is 2.50. The fourth-order valence-corrected chi connectivity index (χ4v) is 1.56. The Morgan fingerprint density at radius 2 is 1.41 bits per heavy atom. The highest BCUT2D eigenvalue weighted by Gasteiger charge is 2.13. The van der Waals surface area contributed by atoms with Crippen LogP contribution >= 0.6 is 0 Å². The SMILES string of the molecule is CC(C)(C)CCC(=O)NCCOCCC(=O)NCC(C)(C)C. The molecule has 2 amide bonds. The van der Waals surface area contributed by atoms with Crippen LogP contribution in [0.4, 0.5) is 0 Å². The molecule has 0 radical (unpaired) electrons. The lowest BCUT2D eigenvalue weighted by molar-refractivity contribution is -0.123. The standard InChI is InChI=1S/C17H34N2O3/c1-16(2,3)9-7-14(20)18-10-12-22-11-8-15(21)19-13-17(4,5)6/h7-13H2,1-6H3,(H,18,20)(H,19,21). The van der Waals surface area contributed by atoms with Crippen LogP contribution in [0.15, 0.2) is 0 Å². The molecule has 0 saturated heterocycles. The van der Waals surface area contributed by atoms with Crippen LogP contribution in [0.2, 0.25) is 0 Å². The van der Waals surface area contributed by atoms with E-state index in [2.05, 4.69) is 52.2 Å². The lowest BCUT2D eigenvalue weighted by Gasteiger charge is -2.18. The number of carbonyl (C=O) groups is 2. The average molecular weight is 314 g/mol.